The number of aliphatic hydroxyl groups excluding tert-OH is 1. The minimum Gasteiger partial charge on any atom is -0.459 e. The number of rotatable bonds is 8. The molecule has 8 heteroatoms. The zero-order chi connectivity index (χ0) is 23.2. The van der Waals surface area contributed by atoms with Crippen LogP contribution >= 0.6 is 11.8 Å². The van der Waals surface area contributed by atoms with Crippen molar-refractivity contribution in [3.8, 4) is 0 Å². The molecule has 0 aromatic heterocycles. The van der Waals surface area contributed by atoms with Crippen molar-refractivity contribution in [1.82, 2.24) is 4.90 Å². The van der Waals surface area contributed by atoms with Crippen molar-refractivity contribution >= 4 is 28.9 Å². The van der Waals surface area contributed by atoms with Crippen molar-refractivity contribution < 1.29 is 29.0 Å². The summed E-state index contributed by atoms with van der Waals surface area (Å²) in [6, 6.07) is 0. The number of ether oxygens (including phenoxy) is 2. The molecular formula is C21H39NO6S. The van der Waals surface area contributed by atoms with Crippen LogP contribution < -0.4 is 0 Å². The molecule has 0 bridgehead atoms. The Morgan fingerprint density at radius 1 is 0.828 bits per heavy atom. The smallest absolute Gasteiger partial charge is 0.337 e. The number of amides is 1. The fourth-order valence-electron chi connectivity index (χ4n) is 2.38. The SMILES string of the molecule is CC(C)CN(CC(C)C)C(=O)S[C@H](C(=O)OC(C)(C)C)[C@@H](O)C(=O)OC(C)(C)C. The molecule has 170 valence electrons. The number of hydrogen-bond acceptors (Lipinski definition) is 7. The number of carbonyl (C=O) groups excluding carboxylic acids is 3. The predicted octanol–water partition coefficient (Wildman–Crippen LogP) is 3.87. The number of aliphatic hydroxyl groups is 1. The summed E-state index contributed by atoms with van der Waals surface area (Å²) in [7, 11) is 0. The second-order valence-electron chi connectivity index (χ2n) is 10.0. The summed E-state index contributed by atoms with van der Waals surface area (Å²) >= 11 is 0.610. The van der Waals surface area contributed by atoms with Crippen molar-refractivity contribution in [2.75, 3.05) is 13.1 Å². The molecule has 0 aliphatic rings. The molecule has 0 aromatic rings. The summed E-state index contributed by atoms with van der Waals surface area (Å²) in [6.45, 7) is 19.0. The molecule has 0 saturated carbocycles. The van der Waals surface area contributed by atoms with Crippen LogP contribution in [0.15, 0.2) is 0 Å². The van der Waals surface area contributed by atoms with Gasteiger partial charge in [0.15, 0.2) is 6.10 Å². The Hall–Kier alpha value is -1.28. The van der Waals surface area contributed by atoms with Gasteiger partial charge in [-0.3, -0.25) is 9.59 Å². The van der Waals surface area contributed by atoms with E-state index in [2.05, 4.69) is 0 Å². The first-order valence-corrected chi connectivity index (χ1v) is 10.9. The normalized spacial score (nSPS) is 14.5. The van der Waals surface area contributed by atoms with E-state index in [4.69, 9.17) is 9.47 Å². The Morgan fingerprint density at radius 2 is 1.21 bits per heavy atom. The highest BCUT2D eigenvalue weighted by Crippen LogP contribution is 2.26. The summed E-state index contributed by atoms with van der Waals surface area (Å²) in [5, 5.41) is 8.73. The quantitative estimate of drug-likeness (QED) is 0.581. The highest BCUT2D eigenvalue weighted by Gasteiger charge is 2.41. The van der Waals surface area contributed by atoms with Crippen LogP contribution in [0.5, 0.6) is 0 Å². The molecule has 1 N–H and O–H groups in total. The van der Waals surface area contributed by atoms with Gasteiger partial charge in [-0.25, -0.2) is 4.79 Å². The Morgan fingerprint density at radius 3 is 1.55 bits per heavy atom. The lowest BCUT2D eigenvalue weighted by molar-refractivity contribution is -0.171. The maximum Gasteiger partial charge on any atom is 0.337 e. The monoisotopic (exact) mass is 433 g/mol. The van der Waals surface area contributed by atoms with Gasteiger partial charge >= 0.3 is 11.9 Å². The van der Waals surface area contributed by atoms with Crippen LogP contribution in [0.3, 0.4) is 0 Å². The van der Waals surface area contributed by atoms with Gasteiger partial charge in [0.1, 0.15) is 16.5 Å². The Balaban J connectivity index is 5.64. The molecule has 0 unspecified atom stereocenters. The summed E-state index contributed by atoms with van der Waals surface area (Å²) in [5.74, 6) is -1.33. The number of thioether (sulfide) groups is 1. The molecule has 29 heavy (non-hydrogen) atoms. The summed E-state index contributed by atoms with van der Waals surface area (Å²) in [4.78, 5) is 39.6. The van der Waals surface area contributed by atoms with Gasteiger partial charge in [0.25, 0.3) is 5.24 Å². The third-order valence-corrected chi connectivity index (χ3v) is 4.40. The van der Waals surface area contributed by atoms with Crippen LogP contribution in [-0.4, -0.2) is 62.8 Å². The first kappa shape index (κ1) is 27.7. The van der Waals surface area contributed by atoms with E-state index in [0.29, 0.717) is 24.9 Å². The van der Waals surface area contributed by atoms with E-state index in [0.717, 1.165) is 0 Å². The molecule has 0 aromatic carbocycles. The van der Waals surface area contributed by atoms with E-state index in [1.807, 2.05) is 27.7 Å². The van der Waals surface area contributed by atoms with Crippen LogP contribution in [0.4, 0.5) is 4.79 Å². The highest BCUT2D eigenvalue weighted by atomic mass is 32.2. The minimum absolute atomic E-state index is 0.231. The lowest BCUT2D eigenvalue weighted by atomic mass is 10.1. The lowest BCUT2D eigenvalue weighted by Crippen LogP contribution is -2.46. The first-order valence-electron chi connectivity index (χ1n) is 10.0. The topological polar surface area (TPSA) is 93.1 Å². The molecule has 1 amide bonds. The van der Waals surface area contributed by atoms with Gasteiger partial charge in [-0.2, -0.15) is 0 Å². The number of carbonyl (C=O) groups is 3. The van der Waals surface area contributed by atoms with Gasteiger partial charge in [-0.05, 0) is 65.1 Å². The van der Waals surface area contributed by atoms with Gasteiger partial charge in [-0.15, -0.1) is 0 Å². The molecule has 7 nitrogen and oxygen atoms in total. The van der Waals surface area contributed by atoms with Gasteiger partial charge < -0.3 is 19.5 Å². The van der Waals surface area contributed by atoms with Gasteiger partial charge in [0.2, 0.25) is 0 Å². The minimum atomic E-state index is -1.82. The highest BCUT2D eigenvalue weighted by molar-refractivity contribution is 8.14. The standard InChI is InChI=1S/C21H39NO6S/c1-13(2)11-22(12-14(3)4)19(26)29-16(18(25)28-21(8,9)10)15(23)17(24)27-20(5,6)7/h13-16,23H,11-12H2,1-10H3/t15-,16+/m1/s1. The molecular weight excluding hydrogens is 394 g/mol. The zero-order valence-electron chi connectivity index (χ0n) is 19.6. The first-order chi connectivity index (χ1) is 12.9. The van der Waals surface area contributed by atoms with E-state index in [-0.39, 0.29) is 17.1 Å². The molecule has 0 saturated heterocycles. The second kappa shape index (κ2) is 11.2. The molecule has 0 heterocycles. The predicted molar refractivity (Wildman–Crippen MR) is 116 cm³/mol. The molecule has 0 spiro atoms. The molecule has 0 fully saturated rings. The molecule has 0 rings (SSSR count). The second-order valence-corrected chi connectivity index (χ2v) is 11.1. The summed E-state index contributed by atoms with van der Waals surface area (Å²) < 4.78 is 10.5. The number of hydrogen-bond donors (Lipinski definition) is 1. The van der Waals surface area contributed by atoms with Crippen LogP contribution in [0.25, 0.3) is 0 Å². The van der Waals surface area contributed by atoms with Crippen LogP contribution in [0, 0.1) is 11.8 Å². The van der Waals surface area contributed by atoms with Crippen molar-refractivity contribution in [3.05, 3.63) is 0 Å². The van der Waals surface area contributed by atoms with E-state index in [1.165, 1.54) is 0 Å². The van der Waals surface area contributed by atoms with Gasteiger partial charge in [-0.1, -0.05) is 27.7 Å². The van der Waals surface area contributed by atoms with Gasteiger partial charge in [0.05, 0.1) is 0 Å². The summed E-state index contributed by atoms with van der Waals surface area (Å²) in [5.41, 5.74) is -1.67. The fourth-order valence-corrected chi connectivity index (χ4v) is 3.28. The molecule has 0 aliphatic carbocycles. The Labute approximate surface area is 179 Å². The fraction of sp³-hybridized carbons (Fsp3) is 0.857. The van der Waals surface area contributed by atoms with Crippen LogP contribution in [0.2, 0.25) is 0 Å². The van der Waals surface area contributed by atoms with E-state index >= 15 is 0 Å². The van der Waals surface area contributed by atoms with E-state index in [1.54, 1.807) is 46.4 Å². The van der Waals surface area contributed by atoms with Crippen molar-refractivity contribution in [2.45, 2.75) is 91.8 Å². The maximum atomic E-state index is 12.9. The average Bonchev–Trinajstić information content (AvgIpc) is 2.46. The summed E-state index contributed by atoms with van der Waals surface area (Å²) in [6.07, 6.45) is -1.82. The average molecular weight is 434 g/mol. The largest absolute Gasteiger partial charge is 0.459 e. The Bertz CT molecular complexity index is 552. The van der Waals surface area contributed by atoms with Crippen molar-refractivity contribution in [2.24, 2.45) is 11.8 Å². The van der Waals surface area contributed by atoms with E-state index < -0.39 is 34.5 Å². The van der Waals surface area contributed by atoms with Crippen molar-refractivity contribution in [3.63, 3.8) is 0 Å². The molecule has 0 aliphatic heterocycles. The molecule has 2 atom stereocenters. The zero-order valence-corrected chi connectivity index (χ0v) is 20.4. The lowest BCUT2D eigenvalue weighted by Gasteiger charge is -2.30. The molecule has 0 radical (unpaired) electrons. The van der Waals surface area contributed by atoms with Crippen LogP contribution in [-0.2, 0) is 19.1 Å². The Kier molecular flexibility index (Phi) is 10.7. The van der Waals surface area contributed by atoms with Crippen molar-refractivity contribution in [1.29, 1.82) is 0 Å². The van der Waals surface area contributed by atoms with E-state index in [9.17, 15) is 19.5 Å². The maximum absolute atomic E-state index is 12.9. The third-order valence-electron chi connectivity index (χ3n) is 3.23. The number of nitrogens with zero attached hydrogens (tertiary/aromatic N) is 1. The van der Waals surface area contributed by atoms with Gasteiger partial charge in [0, 0.05) is 13.1 Å². The van der Waals surface area contributed by atoms with Crippen LogP contribution in [0.1, 0.15) is 69.2 Å². The number of esters is 2. The third kappa shape index (κ3) is 12.1.